The van der Waals surface area contributed by atoms with E-state index in [1.165, 1.54) is 0 Å². The Morgan fingerprint density at radius 2 is 2.06 bits per heavy atom. The molecule has 6 nitrogen and oxygen atoms in total. The summed E-state index contributed by atoms with van der Waals surface area (Å²) in [5, 5.41) is 13.4. The molecule has 18 heavy (non-hydrogen) atoms. The van der Waals surface area contributed by atoms with Gasteiger partial charge in [-0.2, -0.15) is 10.4 Å². The Balaban J connectivity index is 2.35. The van der Waals surface area contributed by atoms with Crippen LogP contribution in [0.4, 0.5) is 5.82 Å². The average Bonchev–Trinajstić information content (AvgIpc) is 2.45. The van der Waals surface area contributed by atoms with Crippen molar-refractivity contribution < 1.29 is 8.42 Å². The number of sulfone groups is 1. The number of hydrogen-bond donors (Lipinski definition) is 0. The predicted octanol–water partition coefficient (Wildman–Crippen LogP) is 0.225. The molecule has 0 aromatic carbocycles. The van der Waals surface area contributed by atoms with Gasteiger partial charge in [0.1, 0.15) is 17.5 Å². The lowest BCUT2D eigenvalue weighted by atomic mass is 10.2. The second-order valence-electron chi connectivity index (χ2n) is 4.51. The molecule has 7 heteroatoms. The van der Waals surface area contributed by atoms with Crippen LogP contribution >= 0.6 is 0 Å². The summed E-state index contributed by atoms with van der Waals surface area (Å²) >= 11 is 0. The van der Waals surface area contributed by atoms with Crippen molar-refractivity contribution in [2.75, 3.05) is 29.5 Å². The fourth-order valence-electron chi connectivity index (χ4n) is 2.29. The molecule has 0 unspecified atom stereocenters. The van der Waals surface area contributed by atoms with Crippen LogP contribution in [-0.4, -0.2) is 42.8 Å². The third kappa shape index (κ3) is 2.34. The molecule has 1 fully saturated rings. The van der Waals surface area contributed by atoms with Crippen LogP contribution in [0.25, 0.3) is 0 Å². The van der Waals surface area contributed by atoms with Gasteiger partial charge in [0.05, 0.1) is 17.2 Å². The summed E-state index contributed by atoms with van der Waals surface area (Å²) in [6.45, 7) is 2.86. The summed E-state index contributed by atoms with van der Waals surface area (Å²) in [7, 11) is -1.16. The van der Waals surface area contributed by atoms with Gasteiger partial charge in [-0.05, 0) is 13.3 Å². The van der Waals surface area contributed by atoms with Crippen LogP contribution in [-0.2, 0) is 16.9 Å². The molecule has 0 aliphatic carbocycles. The van der Waals surface area contributed by atoms with Crippen molar-refractivity contribution in [2.45, 2.75) is 13.3 Å². The van der Waals surface area contributed by atoms with Gasteiger partial charge < -0.3 is 4.90 Å². The number of nitrogens with zero attached hydrogens (tertiary/aromatic N) is 4. The summed E-state index contributed by atoms with van der Waals surface area (Å²) in [4.78, 5) is 1.95. The fraction of sp³-hybridized carbons (Fsp3) is 0.636. The minimum Gasteiger partial charge on any atom is -0.355 e. The number of hydrogen-bond acceptors (Lipinski definition) is 5. The van der Waals surface area contributed by atoms with Crippen LogP contribution in [0.15, 0.2) is 0 Å². The molecule has 0 bridgehead atoms. The molecule has 0 radical (unpaired) electrons. The van der Waals surface area contributed by atoms with E-state index in [1.54, 1.807) is 18.7 Å². The van der Waals surface area contributed by atoms with E-state index in [-0.39, 0.29) is 11.5 Å². The normalized spacial score (nSPS) is 19.3. The van der Waals surface area contributed by atoms with Crippen LogP contribution in [0.1, 0.15) is 17.7 Å². The van der Waals surface area contributed by atoms with Gasteiger partial charge >= 0.3 is 0 Å². The predicted molar refractivity (Wildman–Crippen MR) is 68.1 cm³/mol. The molecule has 2 heterocycles. The average molecular weight is 268 g/mol. The largest absolute Gasteiger partial charge is 0.355 e. The highest BCUT2D eigenvalue weighted by Crippen LogP contribution is 2.23. The standard InChI is InChI=1S/C11H16N4O2S/c1-9-10(8-12)11(14(2)13-9)15-4-3-6-18(16,17)7-5-15/h3-7H2,1-2H3. The molecule has 1 aromatic rings. The van der Waals surface area contributed by atoms with E-state index in [9.17, 15) is 8.42 Å². The van der Waals surface area contributed by atoms with Crippen LogP contribution in [0, 0.1) is 18.3 Å². The van der Waals surface area contributed by atoms with Crippen LogP contribution in [0.3, 0.4) is 0 Å². The smallest absolute Gasteiger partial charge is 0.152 e. The molecule has 2 rings (SSSR count). The van der Waals surface area contributed by atoms with Gasteiger partial charge in [0.25, 0.3) is 0 Å². The van der Waals surface area contributed by atoms with E-state index in [4.69, 9.17) is 5.26 Å². The highest BCUT2D eigenvalue weighted by Gasteiger charge is 2.24. The number of rotatable bonds is 1. The lowest BCUT2D eigenvalue weighted by molar-refractivity contribution is 0.597. The zero-order valence-corrected chi connectivity index (χ0v) is 11.4. The topological polar surface area (TPSA) is 79.0 Å². The van der Waals surface area contributed by atoms with Crippen molar-refractivity contribution in [3.05, 3.63) is 11.3 Å². The van der Waals surface area contributed by atoms with Gasteiger partial charge in [-0.15, -0.1) is 0 Å². The van der Waals surface area contributed by atoms with Crippen molar-refractivity contribution in [3.8, 4) is 6.07 Å². The van der Waals surface area contributed by atoms with Gasteiger partial charge in [-0.1, -0.05) is 0 Å². The van der Waals surface area contributed by atoms with Gasteiger partial charge in [-0.25, -0.2) is 8.42 Å². The van der Waals surface area contributed by atoms with Crippen LogP contribution < -0.4 is 4.90 Å². The summed E-state index contributed by atoms with van der Waals surface area (Å²) in [6, 6.07) is 2.15. The second kappa shape index (κ2) is 4.61. The van der Waals surface area contributed by atoms with E-state index < -0.39 is 9.84 Å². The van der Waals surface area contributed by atoms with Crippen LogP contribution in [0.2, 0.25) is 0 Å². The molecular weight excluding hydrogens is 252 g/mol. The lowest BCUT2D eigenvalue weighted by Crippen LogP contribution is -2.29. The zero-order valence-electron chi connectivity index (χ0n) is 10.5. The van der Waals surface area contributed by atoms with Crippen molar-refractivity contribution in [3.63, 3.8) is 0 Å². The molecule has 1 saturated heterocycles. The molecule has 1 aliphatic heterocycles. The first kappa shape index (κ1) is 12.9. The van der Waals surface area contributed by atoms with Gasteiger partial charge in [-0.3, -0.25) is 4.68 Å². The van der Waals surface area contributed by atoms with E-state index in [1.807, 2.05) is 4.90 Å². The Labute approximate surface area is 107 Å². The molecular formula is C11H16N4O2S. The maximum Gasteiger partial charge on any atom is 0.152 e. The number of aromatic nitrogens is 2. The minimum absolute atomic E-state index is 0.141. The van der Waals surface area contributed by atoms with Gasteiger partial charge in [0.2, 0.25) is 0 Å². The second-order valence-corrected chi connectivity index (χ2v) is 6.82. The molecule has 0 spiro atoms. The first-order valence-corrected chi connectivity index (χ1v) is 7.66. The van der Waals surface area contributed by atoms with Gasteiger partial charge in [0, 0.05) is 20.1 Å². The van der Waals surface area contributed by atoms with Crippen molar-refractivity contribution in [1.29, 1.82) is 5.26 Å². The quantitative estimate of drug-likeness (QED) is 0.728. The monoisotopic (exact) mass is 268 g/mol. The summed E-state index contributed by atoms with van der Waals surface area (Å²) < 4.78 is 24.8. The third-order valence-electron chi connectivity index (χ3n) is 3.16. The molecule has 0 saturated carbocycles. The number of anilines is 1. The van der Waals surface area contributed by atoms with E-state index in [2.05, 4.69) is 11.2 Å². The number of aryl methyl sites for hydroxylation is 2. The molecule has 0 atom stereocenters. The Morgan fingerprint density at radius 3 is 2.72 bits per heavy atom. The summed E-state index contributed by atoms with van der Waals surface area (Å²) in [6.07, 6.45) is 0.595. The Bertz CT molecular complexity index is 597. The van der Waals surface area contributed by atoms with Crippen molar-refractivity contribution >= 4 is 15.7 Å². The summed E-state index contributed by atoms with van der Waals surface area (Å²) in [5.41, 5.74) is 1.22. The van der Waals surface area contributed by atoms with Crippen molar-refractivity contribution in [2.24, 2.45) is 7.05 Å². The highest BCUT2D eigenvalue weighted by molar-refractivity contribution is 7.91. The fourth-order valence-corrected chi connectivity index (χ4v) is 3.56. The van der Waals surface area contributed by atoms with E-state index in [0.29, 0.717) is 30.8 Å². The van der Waals surface area contributed by atoms with Crippen LogP contribution in [0.5, 0.6) is 0 Å². The molecule has 1 aliphatic rings. The Hall–Kier alpha value is -1.55. The van der Waals surface area contributed by atoms with Gasteiger partial charge in [0.15, 0.2) is 9.84 Å². The van der Waals surface area contributed by atoms with Crippen molar-refractivity contribution in [1.82, 2.24) is 9.78 Å². The summed E-state index contributed by atoms with van der Waals surface area (Å²) in [5.74, 6) is 1.09. The molecule has 0 N–H and O–H groups in total. The first-order valence-electron chi connectivity index (χ1n) is 5.83. The third-order valence-corrected chi connectivity index (χ3v) is 4.87. The number of nitriles is 1. The highest BCUT2D eigenvalue weighted by atomic mass is 32.2. The van der Waals surface area contributed by atoms with E-state index >= 15 is 0 Å². The minimum atomic E-state index is -2.94. The molecule has 0 amide bonds. The first-order chi connectivity index (χ1) is 8.44. The molecule has 98 valence electrons. The lowest BCUT2D eigenvalue weighted by Gasteiger charge is -2.22. The SMILES string of the molecule is Cc1nn(C)c(N2CCCS(=O)(=O)CC2)c1C#N. The Morgan fingerprint density at radius 1 is 1.33 bits per heavy atom. The maximum atomic E-state index is 11.6. The zero-order chi connectivity index (χ0) is 13.3. The van der Waals surface area contributed by atoms with E-state index in [0.717, 1.165) is 5.82 Å². The maximum absolute atomic E-state index is 11.6. The molecule has 1 aromatic heterocycles. The Kier molecular flexibility index (Phi) is 3.30.